The molecule has 0 bridgehead atoms. The molecular formula is C17H26O5. The molecule has 1 aliphatic rings. The molecule has 0 fully saturated rings. The van der Waals surface area contributed by atoms with Crippen LogP contribution >= 0.6 is 0 Å². The van der Waals surface area contributed by atoms with Crippen LogP contribution in [0.4, 0.5) is 0 Å². The largest absolute Gasteiger partial charge is 0.456 e. The maximum absolute atomic E-state index is 11.7. The highest BCUT2D eigenvalue weighted by molar-refractivity contribution is 5.82. The average Bonchev–Trinajstić information content (AvgIpc) is 2.41. The first-order chi connectivity index (χ1) is 10.0. The molecule has 3 N–H and O–H groups in total. The maximum atomic E-state index is 11.7. The van der Waals surface area contributed by atoms with Gasteiger partial charge in [-0.2, -0.15) is 0 Å². The van der Waals surface area contributed by atoms with E-state index in [1.807, 2.05) is 6.08 Å². The summed E-state index contributed by atoms with van der Waals surface area (Å²) in [6.45, 7) is 6.51. The van der Waals surface area contributed by atoms with Crippen LogP contribution in [0.2, 0.25) is 0 Å². The van der Waals surface area contributed by atoms with Crippen molar-refractivity contribution in [3.8, 4) is 0 Å². The minimum Gasteiger partial charge on any atom is -0.456 e. The van der Waals surface area contributed by atoms with Crippen LogP contribution in [0.25, 0.3) is 0 Å². The van der Waals surface area contributed by atoms with Crippen molar-refractivity contribution in [1.82, 2.24) is 0 Å². The molecule has 0 unspecified atom stereocenters. The molecular weight excluding hydrogens is 284 g/mol. The number of carbonyl (C=O) groups excluding carboxylic acids is 1. The second kappa shape index (κ2) is 7.22. The number of hydrogen-bond acceptors (Lipinski definition) is 5. The number of aliphatic hydroxyl groups excluding tert-OH is 1. The van der Waals surface area contributed by atoms with Gasteiger partial charge in [-0.3, -0.25) is 0 Å². The summed E-state index contributed by atoms with van der Waals surface area (Å²) >= 11 is 0. The first-order valence-corrected chi connectivity index (χ1v) is 7.42. The van der Waals surface area contributed by atoms with Gasteiger partial charge in [0.1, 0.15) is 6.10 Å². The molecule has 0 aromatic rings. The van der Waals surface area contributed by atoms with Crippen LogP contribution in [0.1, 0.15) is 40.5 Å². The van der Waals surface area contributed by atoms with E-state index in [1.165, 1.54) is 25.2 Å². The number of aliphatic hydroxyl groups is 3. The molecule has 0 saturated heterocycles. The third-order valence-corrected chi connectivity index (χ3v) is 3.92. The molecule has 0 amide bonds. The molecule has 22 heavy (non-hydrogen) atoms. The number of ether oxygens (including phenoxy) is 1. The Labute approximate surface area is 131 Å². The molecule has 5 heteroatoms. The Morgan fingerprint density at radius 1 is 1.27 bits per heavy atom. The van der Waals surface area contributed by atoms with Crippen molar-refractivity contribution in [2.75, 3.05) is 0 Å². The number of hydrogen-bond donors (Lipinski definition) is 3. The maximum Gasteiger partial charge on any atom is 0.330 e. The average molecular weight is 310 g/mol. The van der Waals surface area contributed by atoms with Crippen LogP contribution in [-0.4, -0.2) is 44.7 Å². The second-order valence-corrected chi connectivity index (χ2v) is 6.29. The minimum atomic E-state index is -1.38. The van der Waals surface area contributed by atoms with Crippen LogP contribution in [0, 0.1) is 0 Å². The lowest BCUT2D eigenvalue weighted by atomic mass is 9.93. The summed E-state index contributed by atoms with van der Waals surface area (Å²) in [4.78, 5) is 11.7. The molecule has 4 atom stereocenters. The van der Waals surface area contributed by atoms with Gasteiger partial charge in [0.2, 0.25) is 0 Å². The van der Waals surface area contributed by atoms with Crippen LogP contribution in [0.3, 0.4) is 0 Å². The first kappa shape index (κ1) is 18.6. The minimum absolute atomic E-state index is 0.399. The van der Waals surface area contributed by atoms with E-state index in [0.29, 0.717) is 12.8 Å². The summed E-state index contributed by atoms with van der Waals surface area (Å²) in [5, 5.41) is 30.5. The van der Waals surface area contributed by atoms with Gasteiger partial charge in [0.15, 0.2) is 0 Å². The Hall–Kier alpha value is -1.43. The smallest absolute Gasteiger partial charge is 0.330 e. The van der Waals surface area contributed by atoms with Crippen LogP contribution < -0.4 is 0 Å². The Bertz CT molecular complexity index is 485. The summed E-state index contributed by atoms with van der Waals surface area (Å²) in [5.41, 5.74) is -1.82. The molecule has 0 saturated carbocycles. The Morgan fingerprint density at radius 2 is 1.91 bits per heavy atom. The first-order valence-electron chi connectivity index (χ1n) is 7.42. The van der Waals surface area contributed by atoms with E-state index >= 15 is 0 Å². The summed E-state index contributed by atoms with van der Waals surface area (Å²) in [6.07, 6.45) is 6.55. The molecule has 1 aliphatic heterocycles. The van der Waals surface area contributed by atoms with Crippen molar-refractivity contribution in [3.05, 3.63) is 36.0 Å². The zero-order chi connectivity index (χ0) is 17.0. The van der Waals surface area contributed by atoms with Gasteiger partial charge < -0.3 is 20.1 Å². The highest BCUT2D eigenvalue weighted by atomic mass is 16.6. The van der Waals surface area contributed by atoms with Crippen molar-refractivity contribution in [1.29, 1.82) is 0 Å². The van der Waals surface area contributed by atoms with E-state index in [1.54, 1.807) is 20.8 Å². The standard InChI is InChI=1S/C17H26O5/c1-12-6-5-9-17(4,21)13(2)22-15(19)8-11-16(3,20)10-7-14(12)18/h6-8,10-11,13-14,18,20-21H,5,9H2,1-4H3/b10-7+,11-8-,12-6-/t13-,14+,16-,17-/m1/s1. The number of rotatable bonds is 0. The highest BCUT2D eigenvalue weighted by Crippen LogP contribution is 2.22. The monoisotopic (exact) mass is 310 g/mol. The molecule has 0 aliphatic carbocycles. The zero-order valence-corrected chi connectivity index (χ0v) is 13.6. The van der Waals surface area contributed by atoms with E-state index in [9.17, 15) is 20.1 Å². The molecule has 0 aromatic carbocycles. The van der Waals surface area contributed by atoms with E-state index < -0.39 is 29.4 Å². The van der Waals surface area contributed by atoms with Crippen molar-refractivity contribution in [2.45, 2.75) is 63.9 Å². The summed E-state index contributed by atoms with van der Waals surface area (Å²) < 4.78 is 5.17. The van der Waals surface area contributed by atoms with Gasteiger partial charge in [-0.15, -0.1) is 0 Å². The van der Waals surface area contributed by atoms with Crippen molar-refractivity contribution in [2.24, 2.45) is 0 Å². The number of allylic oxidation sites excluding steroid dienone is 1. The van der Waals surface area contributed by atoms with Gasteiger partial charge in [0.25, 0.3) is 0 Å². The van der Waals surface area contributed by atoms with Gasteiger partial charge in [-0.1, -0.05) is 18.2 Å². The molecule has 1 heterocycles. The molecule has 5 nitrogen and oxygen atoms in total. The molecule has 0 aromatic heterocycles. The normalized spacial score (nSPS) is 43.4. The zero-order valence-electron chi connectivity index (χ0n) is 13.6. The Morgan fingerprint density at radius 3 is 2.55 bits per heavy atom. The third kappa shape index (κ3) is 5.75. The highest BCUT2D eigenvalue weighted by Gasteiger charge is 2.30. The molecule has 0 spiro atoms. The number of carbonyl (C=O) groups is 1. The predicted molar refractivity (Wildman–Crippen MR) is 84.1 cm³/mol. The fourth-order valence-corrected chi connectivity index (χ4v) is 1.99. The predicted octanol–water partition coefficient (Wildman–Crippen LogP) is 1.63. The van der Waals surface area contributed by atoms with Crippen LogP contribution in [0.15, 0.2) is 36.0 Å². The van der Waals surface area contributed by atoms with Crippen LogP contribution in [0.5, 0.6) is 0 Å². The van der Waals surface area contributed by atoms with Crippen molar-refractivity contribution in [3.63, 3.8) is 0 Å². The molecule has 1 rings (SSSR count). The lowest BCUT2D eigenvalue weighted by molar-refractivity contribution is -0.156. The fraction of sp³-hybridized carbons (Fsp3) is 0.588. The van der Waals surface area contributed by atoms with Gasteiger partial charge in [-0.25, -0.2) is 4.79 Å². The SMILES string of the molecule is C/C1=C/CC[C@@](C)(O)[C@@H](C)OC(=O)/C=C\[C@](C)(O)/C=C/[C@@H]1O. The lowest BCUT2D eigenvalue weighted by Gasteiger charge is -2.29. The van der Waals surface area contributed by atoms with Gasteiger partial charge in [0, 0.05) is 6.08 Å². The Balaban J connectivity index is 3.08. The van der Waals surface area contributed by atoms with E-state index in [2.05, 4.69) is 0 Å². The molecule has 0 radical (unpaired) electrons. The topological polar surface area (TPSA) is 87.0 Å². The van der Waals surface area contributed by atoms with E-state index in [-0.39, 0.29) is 0 Å². The van der Waals surface area contributed by atoms with Crippen molar-refractivity contribution >= 4 is 5.97 Å². The quantitative estimate of drug-likeness (QED) is 0.468. The lowest BCUT2D eigenvalue weighted by Crippen LogP contribution is -2.40. The number of cyclic esters (lactones) is 1. The fourth-order valence-electron chi connectivity index (χ4n) is 1.99. The van der Waals surface area contributed by atoms with Gasteiger partial charge in [-0.05, 0) is 52.2 Å². The number of esters is 1. The van der Waals surface area contributed by atoms with Gasteiger partial charge >= 0.3 is 5.97 Å². The third-order valence-electron chi connectivity index (χ3n) is 3.92. The van der Waals surface area contributed by atoms with E-state index in [4.69, 9.17) is 4.74 Å². The summed E-state index contributed by atoms with van der Waals surface area (Å²) in [6, 6.07) is 0. The summed E-state index contributed by atoms with van der Waals surface area (Å²) in [5.74, 6) is -0.634. The second-order valence-electron chi connectivity index (χ2n) is 6.29. The van der Waals surface area contributed by atoms with E-state index in [0.717, 1.165) is 11.6 Å². The molecule has 124 valence electrons. The van der Waals surface area contributed by atoms with Crippen molar-refractivity contribution < 1.29 is 24.9 Å². The van der Waals surface area contributed by atoms with Gasteiger partial charge in [0.05, 0.1) is 17.3 Å². The van der Waals surface area contributed by atoms with Crippen LogP contribution in [-0.2, 0) is 9.53 Å². The Kier molecular flexibility index (Phi) is 6.11. The summed E-state index contributed by atoms with van der Waals surface area (Å²) in [7, 11) is 0.